The van der Waals surface area contributed by atoms with Crippen molar-refractivity contribution in [3.63, 3.8) is 0 Å². The van der Waals surface area contributed by atoms with Gasteiger partial charge < -0.3 is 10.8 Å². The van der Waals surface area contributed by atoms with E-state index in [4.69, 9.17) is 5.73 Å². The molecule has 88 valence electrons. The van der Waals surface area contributed by atoms with Crippen LogP contribution in [-0.4, -0.2) is 29.2 Å². The second kappa shape index (κ2) is 5.43. The van der Waals surface area contributed by atoms with E-state index in [0.29, 0.717) is 12.6 Å². The number of likely N-dealkylation sites (tertiary alicyclic amines) is 1. The summed E-state index contributed by atoms with van der Waals surface area (Å²) in [6, 6.07) is 8.64. The number of benzene rings is 1. The molecule has 1 heterocycles. The Morgan fingerprint density at radius 1 is 1.31 bits per heavy atom. The predicted molar refractivity (Wildman–Crippen MR) is 64.9 cm³/mol. The van der Waals surface area contributed by atoms with E-state index < -0.39 is 0 Å². The first kappa shape index (κ1) is 11.6. The Morgan fingerprint density at radius 2 is 2.06 bits per heavy atom. The van der Waals surface area contributed by atoms with Crippen LogP contribution in [0.2, 0.25) is 0 Å². The van der Waals surface area contributed by atoms with Gasteiger partial charge in [0.25, 0.3) is 0 Å². The van der Waals surface area contributed by atoms with Crippen LogP contribution in [0, 0.1) is 0 Å². The lowest BCUT2D eigenvalue weighted by molar-refractivity contribution is 0.153. The van der Waals surface area contributed by atoms with Crippen molar-refractivity contribution in [2.45, 2.75) is 32.0 Å². The lowest BCUT2D eigenvalue weighted by Gasteiger charge is -2.23. The Bertz CT molecular complexity index is 340. The molecule has 0 spiro atoms. The van der Waals surface area contributed by atoms with Crippen LogP contribution in [0.1, 0.15) is 24.0 Å². The average Bonchev–Trinajstić information content (AvgIpc) is 2.77. The number of aliphatic hydroxyl groups is 1. The molecule has 1 saturated heterocycles. The molecule has 16 heavy (non-hydrogen) atoms. The molecular weight excluding hydrogens is 200 g/mol. The molecule has 0 aliphatic carbocycles. The molecule has 1 atom stereocenters. The first-order chi connectivity index (χ1) is 7.85. The second-order valence-corrected chi connectivity index (χ2v) is 4.42. The molecule has 0 bridgehead atoms. The van der Waals surface area contributed by atoms with Gasteiger partial charge in [0, 0.05) is 19.1 Å². The molecular formula is C13H20N2O. The molecule has 3 N–H and O–H groups in total. The van der Waals surface area contributed by atoms with Crippen LogP contribution in [-0.2, 0) is 13.1 Å². The van der Waals surface area contributed by atoms with Gasteiger partial charge in [0.05, 0.1) is 6.61 Å². The van der Waals surface area contributed by atoms with Crippen molar-refractivity contribution in [1.29, 1.82) is 0 Å². The SMILES string of the molecule is NCc1ccccc1CN1CCC[C@@H]1CO. The Kier molecular flexibility index (Phi) is 3.93. The Balaban J connectivity index is 2.08. The van der Waals surface area contributed by atoms with Crippen LogP contribution < -0.4 is 5.73 Å². The molecule has 1 aliphatic heterocycles. The topological polar surface area (TPSA) is 49.5 Å². The number of nitrogens with two attached hydrogens (primary N) is 1. The fourth-order valence-corrected chi connectivity index (χ4v) is 2.44. The highest BCUT2D eigenvalue weighted by molar-refractivity contribution is 5.26. The van der Waals surface area contributed by atoms with Crippen LogP contribution >= 0.6 is 0 Å². The van der Waals surface area contributed by atoms with E-state index in [1.807, 2.05) is 6.07 Å². The van der Waals surface area contributed by atoms with Gasteiger partial charge in [-0.2, -0.15) is 0 Å². The quantitative estimate of drug-likeness (QED) is 0.799. The third-order valence-electron chi connectivity index (χ3n) is 3.42. The summed E-state index contributed by atoms with van der Waals surface area (Å²) in [6.07, 6.45) is 2.30. The third-order valence-corrected chi connectivity index (χ3v) is 3.42. The number of hydrogen-bond donors (Lipinski definition) is 2. The van der Waals surface area contributed by atoms with Crippen LogP contribution in [0.3, 0.4) is 0 Å². The van der Waals surface area contributed by atoms with Gasteiger partial charge in [-0.25, -0.2) is 0 Å². The molecule has 3 heteroatoms. The monoisotopic (exact) mass is 220 g/mol. The van der Waals surface area contributed by atoms with Crippen molar-refractivity contribution in [1.82, 2.24) is 4.90 Å². The summed E-state index contributed by atoms with van der Waals surface area (Å²) in [5, 5.41) is 9.27. The first-order valence-electron chi connectivity index (χ1n) is 5.97. The van der Waals surface area contributed by atoms with Crippen molar-refractivity contribution in [3.8, 4) is 0 Å². The van der Waals surface area contributed by atoms with Crippen LogP contribution in [0.5, 0.6) is 0 Å². The zero-order chi connectivity index (χ0) is 11.4. The largest absolute Gasteiger partial charge is 0.395 e. The van der Waals surface area contributed by atoms with Gasteiger partial charge in [0.15, 0.2) is 0 Å². The highest BCUT2D eigenvalue weighted by Gasteiger charge is 2.23. The van der Waals surface area contributed by atoms with Gasteiger partial charge in [0.1, 0.15) is 0 Å². The van der Waals surface area contributed by atoms with Gasteiger partial charge in [-0.1, -0.05) is 24.3 Å². The second-order valence-electron chi connectivity index (χ2n) is 4.42. The molecule has 0 saturated carbocycles. The Morgan fingerprint density at radius 3 is 2.75 bits per heavy atom. The van der Waals surface area contributed by atoms with E-state index in [2.05, 4.69) is 23.1 Å². The summed E-state index contributed by atoms with van der Waals surface area (Å²) in [6.45, 7) is 2.86. The van der Waals surface area contributed by atoms with Crippen LogP contribution in [0.15, 0.2) is 24.3 Å². The molecule has 0 amide bonds. The third kappa shape index (κ3) is 2.43. The number of hydrogen-bond acceptors (Lipinski definition) is 3. The lowest BCUT2D eigenvalue weighted by Crippen LogP contribution is -2.32. The summed E-state index contributed by atoms with van der Waals surface area (Å²) >= 11 is 0. The predicted octanol–water partition coefficient (Wildman–Crippen LogP) is 1.10. The van der Waals surface area contributed by atoms with Crippen LogP contribution in [0.25, 0.3) is 0 Å². The van der Waals surface area contributed by atoms with Crippen LogP contribution in [0.4, 0.5) is 0 Å². The first-order valence-corrected chi connectivity index (χ1v) is 5.97. The molecule has 1 aromatic carbocycles. The Labute approximate surface area is 96.9 Å². The number of nitrogens with zero attached hydrogens (tertiary/aromatic N) is 1. The van der Waals surface area contributed by atoms with Gasteiger partial charge >= 0.3 is 0 Å². The fraction of sp³-hybridized carbons (Fsp3) is 0.538. The van der Waals surface area contributed by atoms with E-state index in [0.717, 1.165) is 19.5 Å². The fourth-order valence-electron chi connectivity index (χ4n) is 2.44. The van der Waals surface area contributed by atoms with Crippen molar-refractivity contribution < 1.29 is 5.11 Å². The minimum atomic E-state index is 0.269. The molecule has 1 aliphatic rings. The smallest absolute Gasteiger partial charge is 0.0587 e. The number of rotatable bonds is 4. The van der Waals surface area contributed by atoms with E-state index in [1.54, 1.807) is 0 Å². The van der Waals surface area contributed by atoms with E-state index >= 15 is 0 Å². The van der Waals surface area contributed by atoms with E-state index in [9.17, 15) is 5.11 Å². The molecule has 2 rings (SSSR count). The highest BCUT2D eigenvalue weighted by Crippen LogP contribution is 2.21. The van der Waals surface area contributed by atoms with Crippen molar-refractivity contribution in [2.24, 2.45) is 5.73 Å². The van der Waals surface area contributed by atoms with Gasteiger partial charge in [-0.15, -0.1) is 0 Å². The molecule has 0 radical (unpaired) electrons. The zero-order valence-corrected chi connectivity index (χ0v) is 9.60. The normalized spacial score (nSPS) is 21.5. The summed E-state index contributed by atoms with van der Waals surface area (Å²) in [5.41, 5.74) is 8.23. The zero-order valence-electron chi connectivity index (χ0n) is 9.60. The molecule has 0 aromatic heterocycles. The maximum atomic E-state index is 9.27. The maximum absolute atomic E-state index is 9.27. The molecule has 1 aromatic rings. The van der Waals surface area contributed by atoms with Crippen molar-refractivity contribution >= 4 is 0 Å². The summed E-state index contributed by atoms with van der Waals surface area (Å²) in [4.78, 5) is 2.36. The Hall–Kier alpha value is -0.900. The molecule has 1 fully saturated rings. The van der Waals surface area contributed by atoms with E-state index in [-0.39, 0.29) is 6.61 Å². The summed E-state index contributed by atoms with van der Waals surface area (Å²) in [7, 11) is 0. The van der Waals surface area contributed by atoms with Gasteiger partial charge in [-0.3, -0.25) is 4.90 Å². The number of aliphatic hydroxyl groups excluding tert-OH is 1. The summed E-state index contributed by atoms with van der Waals surface area (Å²) < 4.78 is 0. The minimum Gasteiger partial charge on any atom is -0.395 e. The van der Waals surface area contributed by atoms with Gasteiger partial charge in [-0.05, 0) is 30.5 Å². The van der Waals surface area contributed by atoms with Gasteiger partial charge in [0.2, 0.25) is 0 Å². The average molecular weight is 220 g/mol. The van der Waals surface area contributed by atoms with E-state index in [1.165, 1.54) is 17.5 Å². The highest BCUT2D eigenvalue weighted by atomic mass is 16.3. The van der Waals surface area contributed by atoms with Crippen molar-refractivity contribution in [2.75, 3.05) is 13.2 Å². The standard InChI is InChI=1S/C13H20N2O/c14-8-11-4-1-2-5-12(11)9-15-7-3-6-13(15)10-16/h1-2,4-5,13,16H,3,6-10,14H2/t13-/m1/s1. The minimum absolute atomic E-state index is 0.269. The molecule has 3 nitrogen and oxygen atoms in total. The maximum Gasteiger partial charge on any atom is 0.0587 e. The molecule has 0 unspecified atom stereocenters. The summed E-state index contributed by atoms with van der Waals surface area (Å²) in [5.74, 6) is 0. The van der Waals surface area contributed by atoms with Crippen molar-refractivity contribution in [3.05, 3.63) is 35.4 Å². The lowest BCUT2D eigenvalue weighted by atomic mass is 10.1.